The Balaban J connectivity index is 2.66. The molecule has 17 heavy (non-hydrogen) atoms. The molecule has 6 nitrogen and oxygen atoms in total. The normalized spacial score (nSPS) is 9.59. The van der Waals surface area contributed by atoms with Gasteiger partial charge in [-0.05, 0) is 6.07 Å². The first-order valence-electron chi connectivity index (χ1n) is 4.46. The van der Waals surface area contributed by atoms with Crippen molar-refractivity contribution in [1.29, 1.82) is 10.5 Å². The Morgan fingerprint density at radius 1 is 1.29 bits per heavy atom. The van der Waals surface area contributed by atoms with E-state index in [0.29, 0.717) is 16.5 Å². The van der Waals surface area contributed by atoms with Crippen LogP contribution in [-0.2, 0) is 0 Å². The number of hydrogen-bond donors (Lipinski definition) is 1. The van der Waals surface area contributed by atoms with Gasteiger partial charge in [-0.3, -0.25) is 4.57 Å². The number of imidazole rings is 1. The molecule has 0 atom stereocenters. The van der Waals surface area contributed by atoms with Crippen molar-refractivity contribution in [2.24, 2.45) is 0 Å². The maximum atomic E-state index is 8.97. The van der Waals surface area contributed by atoms with Crippen LogP contribution in [0, 0.1) is 22.7 Å². The summed E-state index contributed by atoms with van der Waals surface area (Å²) in [5.41, 5.74) is 6.16. The van der Waals surface area contributed by atoms with Crippen molar-refractivity contribution in [3.8, 4) is 18.0 Å². The maximum absolute atomic E-state index is 8.97. The second kappa shape index (κ2) is 4.12. The smallest absolute Gasteiger partial charge is 0.177 e. The molecule has 0 spiro atoms. The van der Waals surface area contributed by atoms with Crippen molar-refractivity contribution in [1.82, 2.24) is 14.5 Å². The van der Waals surface area contributed by atoms with E-state index in [2.05, 4.69) is 9.97 Å². The highest BCUT2D eigenvalue weighted by atomic mass is 35.5. The molecule has 0 unspecified atom stereocenters. The van der Waals surface area contributed by atoms with Gasteiger partial charge < -0.3 is 5.73 Å². The van der Waals surface area contributed by atoms with Gasteiger partial charge >= 0.3 is 0 Å². The molecule has 2 aromatic rings. The van der Waals surface area contributed by atoms with E-state index in [1.807, 2.05) is 12.1 Å². The van der Waals surface area contributed by atoms with E-state index in [1.54, 1.807) is 0 Å². The zero-order valence-electron chi connectivity index (χ0n) is 8.42. The Morgan fingerprint density at radius 2 is 2.06 bits per heavy atom. The molecule has 2 rings (SSSR count). The first-order chi connectivity index (χ1) is 8.17. The number of nitrogens with zero attached hydrogens (tertiary/aromatic N) is 5. The lowest BCUT2D eigenvalue weighted by atomic mass is 10.3. The average Bonchev–Trinajstić information content (AvgIpc) is 2.71. The van der Waals surface area contributed by atoms with Crippen LogP contribution < -0.4 is 5.73 Å². The monoisotopic (exact) mass is 244 g/mol. The van der Waals surface area contributed by atoms with Crippen LogP contribution in [0.4, 0.5) is 5.69 Å². The van der Waals surface area contributed by atoms with Gasteiger partial charge in [0.05, 0.1) is 10.7 Å². The first-order valence-corrected chi connectivity index (χ1v) is 4.84. The van der Waals surface area contributed by atoms with E-state index >= 15 is 0 Å². The molecule has 0 bridgehead atoms. The van der Waals surface area contributed by atoms with Crippen molar-refractivity contribution >= 4 is 17.3 Å². The first kappa shape index (κ1) is 10.9. The largest absolute Gasteiger partial charge is 0.396 e. The molecule has 2 N–H and O–H groups in total. The second-order valence-corrected chi connectivity index (χ2v) is 3.54. The molecule has 82 valence electrons. The summed E-state index contributed by atoms with van der Waals surface area (Å²) in [5, 5.41) is 18.1. The van der Waals surface area contributed by atoms with Gasteiger partial charge in [-0.25, -0.2) is 9.97 Å². The van der Waals surface area contributed by atoms with E-state index in [1.165, 1.54) is 23.2 Å². The molecule has 0 aliphatic rings. The molecule has 0 aliphatic heterocycles. The minimum Gasteiger partial charge on any atom is -0.396 e. The van der Waals surface area contributed by atoms with Crippen molar-refractivity contribution in [3.63, 3.8) is 0 Å². The number of nitrogens with two attached hydrogens (primary N) is 1. The Morgan fingerprint density at radius 3 is 2.65 bits per heavy atom. The van der Waals surface area contributed by atoms with Gasteiger partial charge in [-0.15, -0.1) is 0 Å². The number of nitriles is 2. The van der Waals surface area contributed by atoms with Crippen LogP contribution >= 0.6 is 11.6 Å². The fourth-order valence-corrected chi connectivity index (χ4v) is 1.51. The summed E-state index contributed by atoms with van der Waals surface area (Å²) in [4.78, 5) is 7.81. The predicted molar refractivity (Wildman–Crippen MR) is 60.2 cm³/mol. The summed E-state index contributed by atoms with van der Waals surface area (Å²) < 4.78 is 1.35. The molecule has 7 heteroatoms. The molecule has 0 radical (unpaired) electrons. The van der Waals surface area contributed by atoms with E-state index in [0.717, 1.165) is 0 Å². The van der Waals surface area contributed by atoms with Gasteiger partial charge in [0.25, 0.3) is 0 Å². The van der Waals surface area contributed by atoms with Crippen molar-refractivity contribution in [2.75, 3.05) is 5.73 Å². The summed E-state index contributed by atoms with van der Waals surface area (Å²) in [7, 11) is 0. The van der Waals surface area contributed by atoms with E-state index < -0.39 is 0 Å². The molecule has 2 heterocycles. The summed E-state index contributed by atoms with van der Waals surface area (Å²) in [6, 6.07) is 5.21. The summed E-state index contributed by atoms with van der Waals surface area (Å²) >= 11 is 5.73. The predicted octanol–water partition coefficient (Wildman–Crippen LogP) is 1.25. The molecular formula is C10H5ClN6. The number of aromatic nitrogens is 3. The van der Waals surface area contributed by atoms with Gasteiger partial charge in [0.2, 0.25) is 0 Å². The second-order valence-electron chi connectivity index (χ2n) is 3.10. The molecule has 0 aliphatic carbocycles. The molecule has 0 amide bonds. The van der Waals surface area contributed by atoms with Crippen molar-refractivity contribution in [3.05, 3.63) is 35.0 Å². The zero-order chi connectivity index (χ0) is 12.4. The van der Waals surface area contributed by atoms with Crippen LogP contribution in [0.15, 0.2) is 18.6 Å². The molecule has 0 aromatic carbocycles. The quantitative estimate of drug-likeness (QED) is 0.813. The van der Waals surface area contributed by atoms with Crippen LogP contribution in [-0.4, -0.2) is 14.5 Å². The highest BCUT2D eigenvalue weighted by Crippen LogP contribution is 2.20. The third kappa shape index (κ3) is 1.78. The molecule has 0 fully saturated rings. The fourth-order valence-electron chi connectivity index (χ4n) is 1.35. The molecule has 0 saturated carbocycles. The Hall–Kier alpha value is -2.57. The van der Waals surface area contributed by atoms with Crippen molar-refractivity contribution in [2.45, 2.75) is 0 Å². The maximum Gasteiger partial charge on any atom is 0.177 e. The van der Waals surface area contributed by atoms with Gasteiger partial charge in [-0.1, -0.05) is 11.6 Å². The number of nitrogen functional groups attached to an aromatic ring is 1. The van der Waals surface area contributed by atoms with Crippen LogP contribution in [0.5, 0.6) is 0 Å². The highest BCUT2D eigenvalue weighted by molar-refractivity contribution is 6.30. The lowest BCUT2D eigenvalue weighted by Gasteiger charge is -2.05. The highest BCUT2D eigenvalue weighted by Gasteiger charge is 2.14. The van der Waals surface area contributed by atoms with Crippen LogP contribution in [0.1, 0.15) is 11.4 Å². The topological polar surface area (TPSA) is 104 Å². The lowest BCUT2D eigenvalue weighted by Crippen LogP contribution is -2.03. The Kier molecular flexibility index (Phi) is 2.65. The van der Waals surface area contributed by atoms with E-state index in [9.17, 15) is 0 Å². The number of halogens is 1. The standard InChI is InChI=1S/C10H5ClN6/c11-6-1-7(14)10(15-4-6)17-5-16-8(2-12)9(17)3-13/h1,4-5H,14H2. The van der Waals surface area contributed by atoms with Gasteiger partial charge in [-0.2, -0.15) is 10.5 Å². The molecule has 0 saturated heterocycles. The van der Waals surface area contributed by atoms with Gasteiger partial charge in [0.15, 0.2) is 17.2 Å². The van der Waals surface area contributed by atoms with Crippen LogP contribution in [0.2, 0.25) is 5.02 Å². The summed E-state index contributed by atoms with van der Waals surface area (Å²) in [6.45, 7) is 0. The minimum atomic E-state index is 0.0312. The number of hydrogen-bond acceptors (Lipinski definition) is 5. The van der Waals surface area contributed by atoms with E-state index in [-0.39, 0.29) is 11.4 Å². The third-order valence-corrected chi connectivity index (χ3v) is 2.28. The van der Waals surface area contributed by atoms with Gasteiger partial charge in [0.1, 0.15) is 18.5 Å². The van der Waals surface area contributed by atoms with Crippen molar-refractivity contribution < 1.29 is 0 Å². The molecule has 2 aromatic heterocycles. The summed E-state index contributed by atoms with van der Waals surface area (Å²) in [6.07, 6.45) is 2.73. The third-order valence-electron chi connectivity index (χ3n) is 2.07. The SMILES string of the molecule is N#Cc1ncn(-c2ncc(Cl)cc2N)c1C#N. The minimum absolute atomic E-state index is 0.0312. The fraction of sp³-hybridized carbons (Fsp3) is 0. The Labute approximate surface area is 102 Å². The van der Waals surface area contributed by atoms with Gasteiger partial charge in [0, 0.05) is 6.20 Å². The molecular weight excluding hydrogens is 240 g/mol. The zero-order valence-corrected chi connectivity index (χ0v) is 9.18. The average molecular weight is 245 g/mol. The van der Waals surface area contributed by atoms with E-state index in [4.69, 9.17) is 27.9 Å². The summed E-state index contributed by atoms with van der Waals surface area (Å²) in [5.74, 6) is 0.319. The van der Waals surface area contributed by atoms with Crippen LogP contribution in [0.25, 0.3) is 5.82 Å². The Bertz CT molecular complexity index is 660. The lowest BCUT2D eigenvalue weighted by molar-refractivity contribution is 0.980. The number of pyridine rings is 1. The number of anilines is 1. The number of rotatable bonds is 1. The van der Waals surface area contributed by atoms with Crippen LogP contribution in [0.3, 0.4) is 0 Å².